The van der Waals surface area contributed by atoms with E-state index in [2.05, 4.69) is 4.98 Å². The SMILES string of the molecule is Cc1ncc(C(=O)c2ccc3c(c2)CCO3)s1. The molecule has 3 rings (SSSR count). The highest BCUT2D eigenvalue weighted by Crippen LogP contribution is 2.27. The molecule has 86 valence electrons. The number of carbonyl (C=O) groups is 1. The third-order valence-electron chi connectivity index (χ3n) is 2.80. The number of hydrogen-bond acceptors (Lipinski definition) is 4. The fraction of sp³-hybridized carbons (Fsp3) is 0.231. The van der Waals surface area contributed by atoms with Crippen LogP contribution in [0.4, 0.5) is 0 Å². The summed E-state index contributed by atoms with van der Waals surface area (Å²) in [6, 6.07) is 5.63. The Labute approximate surface area is 103 Å². The van der Waals surface area contributed by atoms with Gasteiger partial charge < -0.3 is 4.74 Å². The number of aromatic nitrogens is 1. The summed E-state index contributed by atoms with van der Waals surface area (Å²) in [4.78, 5) is 17.0. The average molecular weight is 245 g/mol. The number of aryl methyl sites for hydroxylation is 1. The molecule has 2 aromatic rings. The summed E-state index contributed by atoms with van der Waals surface area (Å²) >= 11 is 1.43. The fourth-order valence-electron chi connectivity index (χ4n) is 1.94. The molecule has 0 saturated heterocycles. The molecule has 0 atom stereocenters. The Hall–Kier alpha value is -1.68. The molecule has 0 amide bonds. The minimum absolute atomic E-state index is 0.0466. The third-order valence-corrected chi connectivity index (χ3v) is 3.71. The standard InChI is InChI=1S/C13H11NO2S/c1-8-14-7-12(17-8)13(15)10-2-3-11-9(6-10)4-5-16-11/h2-3,6-7H,4-5H2,1H3. The Morgan fingerprint density at radius 2 is 2.35 bits per heavy atom. The number of rotatable bonds is 2. The topological polar surface area (TPSA) is 39.2 Å². The Kier molecular flexibility index (Phi) is 2.44. The van der Waals surface area contributed by atoms with Gasteiger partial charge in [0, 0.05) is 18.2 Å². The molecule has 0 N–H and O–H groups in total. The molecule has 1 aromatic carbocycles. The van der Waals surface area contributed by atoms with Gasteiger partial charge in [-0.1, -0.05) is 0 Å². The van der Waals surface area contributed by atoms with Crippen LogP contribution < -0.4 is 4.74 Å². The molecule has 3 nitrogen and oxygen atoms in total. The van der Waals surface area contributed by atoms with Gasteiger partial charge in [0.05, 0.1) is 16.5 Å². The first-order chi connectivity index (χ1) is 8.24. The van der Waals surface area contributed by atoms with Gasteiger partial charge in [-0.25, -0.2) is 4.98 Å². The molecule has 0 fully saturated rings. The number of ether oxygens (including phenoxy) is 1. The van der Waals surface area contributed by atoms with Gasteiger partial charge in [-0.05, 0) is 30.7 Å². The van der Waals surface area contributed by atoms with Crippen molar-refractivity contribution in [3.05, 3.63) is 45.4 Å². The highest BCUT2D eigenvalue weighted by molar-refractivity contribution is 7.13. The lowest BCUT2D eigenvalue weighted by Crippen LogP contribution is -1.98. The smallest absolute Gasteiger partial charge is 0.204 e. The molecule has 4 heteroatoms. The van der Waals surface area contributed by atoms with E-state index in [4.69, 9.17) is 4.74 Å². The van der Waals surface area contributed by atoms with Gasteiger partial charge in [-0.15, -0.1) is 11.3 Å². The highest BCUT2D eigenvalue weighted by atomic mass is 32.1. The van der Waals surface area contributed by atoms with Crippen molar-refractivity contribution < 1.29 is 9.53 Å². The van der Waals surface area contributed by atoms with Crippen LogP contribution in [-0.4, -0.2) is 17.4 Å². The molecule has 0 bridgehead atoms. The Morgan fingerprint density at radius 3 is 3.12 bits per heavy atom. The van der Waals surface area contributed by atoms with E-state index < -0.39 is 0 Å². The van der Waals surface area contributed by atoms with Crippen LogP contribution in [0.1, 0.15) is 25.8 Å². The summed E-state index contributed by atoms with van der Waals surface area (Å²) < 4.78 is 5.42. The van der Waals surface area contributed by atoms with Crippen molar-refractivity contribution in [2.45, 2.75) is 13.3 Å². The van der Waals surface area contributed by atoms with Crippen LogP contribution in [0.25, 0.3) is 0 Å². The van der Waals surface area contributed by atoms with Gasteiger partial charge in [-0.2, -0.15) is 0 Å². The minimum atomic E-state index is 0.0466. The normalized spacial score (nSPS) is 13.2. The van der Waals surface area contributed by atoms with E-state index in [0.29, 0.717) is 11.5 Å². The van der Waals surface area contributed by atoms with Crippen LogP contribution in [0.3, 0.4) is 0 Å². The zero-order valence-corrected chi connectivity index (χ0v) is 10.2. The van der Waals surface area contributed by atoms with Crippen molar-refractivity contribution in [3.8, 4) is 5.75 Å². The van der Waals surface area contributed by atoms with Crippen molar-refractivity contribution in [1.82, 2.24) is 4.98 Å². The summed E-state index contributed by atoms with van der Waals surface area (Å²) in [5, 5.41) is 0.915. The van der Waals surface area contributed by atoms with Crippen molar-refractivity contribution in [1.29, 1.82) is 0 Å². The van der Waals surface area contributed by atoms with Gasteiger partial charge in [0.1, 0.15) is 5.75 Å². The zero-order chi connectivity index (χ0) is 11.8. The second-order valence-electron chi connectivity index (χ2n) is 3.99. The number of nitrogens with zero attached hydrogens (tertiary/aromatic N) is 1. The largest absolute Gasteiger partial charge is 0.493 e. The predicted octanol–water partition coefficient (Wildman–Crippen LogP) is 2.62. The quantitative estimate of drug-likeness (QED) is 0.763. The van der Waals surface area contributed by atoms with Crippen LogP contribution in [0.2, 0.25) is 0 Å². The summed E-state index contributed by atoms with van der Waals surface area (Å²) in [5.74, 6) is 0.951. The van der Waals surface area contributed by atoms with Crippen molar-refractivity contribution in [3.63, 3.8) is 0 Å². The van der Waals surface area contributed by atoms with Gasteiger partial charge in [-0.3, -0.25) is 4.79 Å². The van der Waals surface area contributed by atoms with Crippen LogP contribution >= 0.6 is 11.3 Å². The fourth-order valence-corrected chi connectivity index (χ4v) is 2.68. The maximum atomic E-state index is 12.2. The van der Waals surface area contributed by atoms with E-state index in [0.717, 1.165) is 28.3 Å². The van der Waals surface area contributed by atoms with Crippen LogP contribution in [-0.2, 0) is 6.42 Å². The average Bonchev–Trinajstić information content (AvgIpc) is 2.95. The molecule has 17 heavy (non-hydrogen) atoms. The minimum Gasteiger partial charge on any atom is -0.493 e. The number of fused-ring (bicyclic) bond motifs is 1. The Bertz CT molecular complexity index is 589. The molecule has 0 radical (unpaired) electrons. The highest BCUT2D eigenvalue weighted by Gasteiger charge is 2.17. The van der Waals surface area contributed by atoms with Crippen LogP contribution in [0.15, 0.2) is 24.4 Å². The predicted molar refractivity (Wildman–Crippen MR) is 65.9 cm³/mol. The second kappa shape index (κ2) is 3.96. The second-order valence-corrected chi connectivity index (χ2v) is 5.23. The number of ketones is 1. The number of thiazole rings is 1. The van der Waals surface area contributed by atoms with E-state index in [1.165, 1.54) is 11.3 Å². The van der Waals surface area contributed by atoms with Crippen molar-refractivity contribution >= 4 is 17.1 Å². The summed E-state index contributed by atoms with van der Waals surface area (Å²) in [6.45, 7) is 2.62. The summed E-state index contributed by atoms with van der Waals surface area (Å²) in [7, 11) is 0. The van der Waals surface area contributed by atoms with Gasteiger partial charge in [0.25, 0.3) is 0 Å². The Balaban J connectivity index is 1.97. The van der Waals surface area contributed by atoms with Crippen LogP contribution in [0.5, 0.6) is 5.75 Å². The number of carbonyl (C=O) groups excluding carboxylic acids is 1. The van der Waals surface area contributed by atoms with E-state index in [1.54, 1.807) is 6.20 Å². The number of hydrogen-bond donors (Lipinski definition) is 0. The number of benzene rings is 1. The summed E-state index contributed by atoms with van der Waals surface area (Å²) in [5.41, 5.74) is 1.84. The maximum absolute atomic E-state index is 12.2. The maximum Gasteiger partial charge on any atom is 0.204 e. The molecule has 1 aromatic heterocycles. The van der Waals surface area contributed by atoms with E-state index >= 15 is 0 Å². The summed E-state index contributed by atoms with van der Waals surface area (Å²) in [6.07, 6.45) is 2.53. The molecule has 0 spiro atoms. The first kappa shape index (κ1) is 10.5. The molecular weight excluding hydrogens is 234 g/mol. The first-order valence-electron chi connectivity index (χ1n) is 5.47. The lowest BCUT2D eigenvalue weighted by molar-refractivity contribution is 0.104. The molecule has 0 saturated carbocycles. The monoisotopic (exact) mass is 245 g/mol. The molecule has 1 aliphatic heterocycles. The lowest BCUT2D eigenvalue weighted by Gasteiger charge is -2.01. The van der Waals surface area contributed by atoms with E-state index in [9.17, 15) is 4.79 Å². The molecule has 2 heterocycles. The molecule has 0 aliphatic carbocycles. The Morgan fingerprint density at radius 1 is 1.47 bits per heavy atom. The molecule has 1 aliphatic rings. The van der Waals surface area contributed by atoms with Crippen LogP contribution in [0, 0.1) is 6.92 Å². The zero-order valence-electron chi connectivity index (χ0n) is 9.40. The van der Waals surface area contributed by atoms with Gasteiger partial charge >= 0.3 is 0 Å². The molecular formula is C13H11NO2S. The van der Waals surface area contributed by atoms with Gasteiger partial charge in [0.15, 0.2) is 0 Å². The van der Waals surface area contributed by atoms with Crippen molar-refractivity contribution in [2.75, 3.05) is 6.61 Å². The lowest BCUT2D eigenvalue weighted by atomic mass is 10.1. The van der Waals surface area contributed by atoms with E-state index in [-0.39, 0.29) is 5.78 Å². The first-order valence-corrected chi connectivity index (χ1v) is 6.28. The molecule has 0 unspecified atom stereocenters. The van der Waals surface area contributed by atoms with E-state index in [1.807, 2.05) is 25.1 Å². The third kappa shape index (κ3) is 1.85. The van der Waals surface area contributed by atoms with Crippen molar-refractivity contribution in [2.24, 2.45) is 0 Å². The van der Waals surface area contributed by atoms with Gasteiger partial charge in [0.2, 0.25) is 5.78 Å².